The highest BCUT2D eigenvalue weighted by Gasteiger charge is 2.21. The van der Waals surface area contributed by atoms with E-state index in [0.717, 1.165) is 15.8 Å². The van der Waals surface area contributed by atoms with Gasteiger partial charge in [0.25, 0.3) is 0 Å². The number of halogens is 1. The van der Waals surface area contributed by atoms with Gasteiger partial charge in [-0.05, 0) is 38.1 Å². The van der Waals surface area contributed by atoms with Crippen LogP contribution in [0.1, 0.15) is 33.2 Å². The number of carbonyl (C=O) groups is 2. The topological polar surface area (TPSA) is 82.1 Å². The van der Waals surface area contributed by atoms with Gasteiger partial charge in [-0.3, -0.25) is 4.79 Å². The van der Waals surface area contributed by atoms with Gasteiger partial charge in [0, 0.05) is 10.2 Å². The van der Waals surface area contributed by atoms with Gasteiger partial charge in [0.1, 0.15) is 5.01 Å². The van der Waals surface area contributed by atoms with Crippen molar-refractivity contribution in [2.75, 3.05) is 5.32 Å². The Morgan fingerprint density at radius 2 is 1.95 bits per heavy atom. The highest BCUT2D eigenvalue weighted by atomic mass is 79.9. The zero-order valence-corrected chi connectivity index (χ0v) is 13.7. The first-order valence-electron chi connectivity index (χ1n) is 6.13. The molecule has 1 heterocycles. The summed E-state index contributed by atoms with van der Waals surface area (Å²) in [7, 11) is 0. The predicted octanol–water partition coefficient (Wildman–Crippen LogP) is 2.32. The number of thiazole rings is 1. The van der Waals surface area contributed by atoms with E-state index in [1.54, 1.807) is 26.0 Å². The Morgan fingerprint density at radius 3 is 2.48 bits per heavy atom. The van der Waals surface area contributed by atoms with Crippen molar-refractivity contribution < 1.29 is 14.7 Å². The summed E-state index contributed by atoms with van der Waals surface area (Å²) in [4.78, 5) is 27.3. The van der Waals surface area contributed by atoms with Gasteiger partial charge in [0.2, 0.25) is 5.91 Å². The Hall–Kier alpha value is -1.73. The lowest BCUT2D eigenvalue weighted by Gasteiger charge is -2.09. The Bertz CT molecular complexity index is 682. The van der Waals surface area contributed by atoms with Crippen LogP contribution in [-0.4, -0.2) is 16.9 Å². The summed E-state index contributed by atoms with van der Waals surface area (Å²) >= 11 is 4.29. The van der Waals surface area contributed by atoms with E-state index >= 15 is 0 Å². The molecule has 0 aliphatic heterocycles. The van der Waals surface area contributed by atoms with Gasteiger partial charge in [-0.2, -0.15) is 0 Å². The van der Waals surface area contributed by atoms with Crippen LogP contribution in [0.5, 0.6) is 0 Å². The summed E-state index contributed by atoms with van der Waals surface area (Å²) in [5.74, 6) is -2.04. The van der Waals surface area contributed by atoms with Gasteiger partial charge in [0.05, 0.1) is 22.5 Å². The van der Waals surface area contributed by atoms with Crippen LogP contribution in [0, 0.1) is 6.92 Å². The normalized spacial score (nSPS) is 12.0. The molecule has 0 spiro atoms. The maximum atomic E-state index is 12.2. The molecule has 0 radical (unpaired) electrons. The number of aromatic carboxylic acids is 1. The van der Waals surface area contributed by atoms with Crippen LogP contribution in [0.25, 0.3) is 0 Å². The molecule has 2 aromatic rings. The zero-order valence-electron chi connectivity index (χ0n) is 11.3. The number of aromatic nitrogens is 1. The van der Waals surface area contributed by atoms with Crippen molar-refractivity contribution >= 4 is 44.8 Å². The van der Waals surface area contributed by atoms with E-state index in [1.165, 1.54) is 0 Å². The van der Waals surface area contributed by atoms with Crippen LogP contribution in [0.2, 0.25) is 0 Å². The van der Waals surface area contributed by atoms with Crippen molar-refractivity contribution in [3.8, 4) is 0 Å². The minimum absolute atomic E-state index is 0.0632. The van der Waals surface area contributed by atoms with E-state index in [4.69, 9.17) is 0 Å². The second kappa shape index (κ2) is 6.36. The van der Waals surface area contributed by atoms with Gasteiger partial charge in [-0.1, -0.05) is 15.9 Å². The van der Waals surface area contributed by atoms with Crippen molar-refractivity contribution in [1.82, 2.24) is 4.98 Å². The molecule has 0 saturated heterocycles. The lowest BCUT2D eigenvalue weighted by Crippen LogP contribution is -2.21. The molecule has 1 atom stereocenters. The molecule has 0 aliphatic rings. The molecule has 2 rings (SSSR count). The predicted molar refractivity (Wildman–Crippen MR) is 82.4 cm³/mol. The number of nitrogens with one attached hydrogen (secondary N) is 1. The van der Waals surface area contributed by atoms with Crippen molar-refractivity contribution in [2.24, 2.45) is 0 Å². The van der Waals surface area contributed by atoms with Gasteiger partial charge in [0.15, 0.2) is 0 Å². The Kier molecular flexibility index (Phi) is 4.74. The fourth-order valence-corrected chi connectivity index (χ4v) is 2.90. The van der Waals surface area contributed by atoms with E-state index in [9.17, 15) is 14.7 Å². The molecule has 7 heteroatoms. The molecule has 0 bridgehead atoms. The molecule has 1 aromatic carbocycles. The number of benzene rings is 1. The lowest BCUT2D eigenvalue weighted by atomic mass is 10.1. The van der Waals surface area contributed by atoms with E-state index in [2.05, 4.69) is 26.2 Å². The average Bonchev–Trinajstić information content (AvgIpc) is 2.82. The van der Waals surface area contributed by atoms with Crippen LogP contribution in [0.3, 0.4) is 0 Å². The summed E-state index contributed by atoms with van der Waals surface area (Å²) < 4.78 is 0.919. The van der Waals surface area contributed by atoms with Gasteiger partial charge in [-0.15, -0.1) is 11.3 Å². The first kappa shape index (κ1) is 15.7. The number of aryl methyl sites for hydroxylation is 1. The summed E-state index contributed by atoms with van der Waals surface area (Å²) in [6, 6.07) is 7.19. The molecule has 0 unspecified atom stereocenters. The SMILES string of the molecule is Cc1nc([C@H](C)C(=O)Nc2ccc(Br)cc2)sc1C(=O)[O-]. The van der Waals surface area contributed by atoms with E-state index in [-0.39, 0.29) is 10.8 Å². The van der Waals surface area contributed by atoms with E-state index in [1.807, 2.05) is 12.1 Å². The number of hydrogen-bond donors (Lipinski definition) is 1. The molecule has 5 nitrogen and oxygen atoms in total. The standard InChI is InChI=1S/C14H13BrN2O3S/c1-7(13-16-8(2)11(21-13)14(19)20)12(18)17-10-5-3-9(15)4-6-10/h3-7H,1-2H3,(H,17,18)(H,19,20)/p-1/t7-/m1/s1. The maximum absolute atomic E-state index is 12.2. The zero-order chi connectivity index (χ0) is 15.6. The number of carboxylic acids is 1. The molecule has 110 valence electrons. The quantitative estimate of drug-likeness (QED) is 0.898. The molecule has 0 fully saturated rings. The number of nitrogens with zero attached hydrogens (tertiary/aromatic N) is 1. The third-order valence-electron chi connectivity index (χ3n) is 2.87. The minimum Gasteiger partial charge on any atom is -0.544 e. The van der Waals surface area contributed by atoms with Crippen LogP contribution in [-0.2, 0) is 4.79 Å². The summed E-state index contributed by atoms with van der Waals surface area (Å²) in [5, 5.41) is 14.1. The van der Waals surface area contributed by atoms with E-state index < -0.39 is 11.9 Å². The second-order valence-corrected chi connectivity index (χ2v) is 6.42. The van der Waals surface area contributed by atoms with Gasteiger partial charge >= 0.3 is 0 Å². The molecule has 0 saturated carbocycles. The number of amides is 1. The number of carboxylic acid groups (broad SMARTS) is 1. The highest BCUT2D eigenvalue weighted by molar-refractivity contribution is 9.10. The molecule has 0 aliphatic carbocycles. The van der Waals surface area contributed by atoms with Crippen LogP contribution < -0.4 is 10.4 Å². The van der Waals surface area contributed by atoms with Crippen LogP contribution >= 0.6 is 27.3 Å². The molecular weight excluding hydrogens is 356 g/mol. The first-order valence-corrected chi connectivity index (χ1v) is 7.74. The Labute approximate surface area is 134 Å². The summed E-state index contributed by atoms with van der Waals surface area (Å²) in [6.45, 7) is 3.27. The lowest BCUT2D eigenvalue weighted by molar-refractivity contribution is -0.254. The monoisotopic (exact) mass is 367 g/mol. The van der Waals surface area contributed by atoms with Crippen molar-refractivity contribution in [3.05, 3.63) is 44.3 Å². The van der Waals surface area contributed by atoms with Crippen LogP contribution in [0.4, 0.5) is 5.69 Å². The smallest absolute Gasteiger partial charge is 0.234 e. The van der Waals surface area contributed by atoms with E-state index in [0.29, 0.717) is 16.4 Å². The largest absolute Gasteiger partial charge is 0.544 e. The molecule has 1 amide bonds. The second-order valence-electron chi connectivity index (χ2n) is 4.47. The maximum Gasteiger partial charge on any atom is 0.234 e. The fourth-order valence-electron chi connectivity index (χ4n) is 1.69. The summed E-state index contributed by atoms with van der Waals surface area (Å²) in [6.07, 6.45) is 0. The van der Waals surface area contributed by atoms with Crippen molar-refractivity contribution in [2.45, 2.75) is 19.8 Å². The molecule has 1 aromatic heterocycles. The van der Waals surface area contributed by atoms with Crippen molar-refractivity contribution in [3.63, 3.8) is 0 Å². The van der Waals surface area contributed by atoms with Crippen LogP contribution in [0.15, 0.2) is 28.7 Å². The van der Waals surface area contributed by atoms with Gasteiger partial charge < -0.3 is 15.2 Å². The Morgan fingerprint density at radius 1 is 1.33 bits per heavy atom. The molecular formula is C14H12BrN2O3S-. The molecule has 21 heavy (non-hydrogen) atoms. The number of carbonyl (C=O) groups excluding carboxylic acids is 2. The first-order chi connectivity index (χ1) is 9.88. The summed E-state index contributed by atoms with van der Waals surface area (Å²) in [5.41, 5.74) is 1.04. The minimum atomic E-state index is -1.27. The van der Waals surface area contributed by atoms with Gasteiger partial charge in [-0.25, -0.2) is 4.98 Å². The number of anilines is 1. The average molecular weight is 368 g/mol. The Balaban J connectivity index is 2.13. The van der Waals surface area contributed by atoms with Crippen molar-refractivity contribution in [1.29, 1.82) is 0 Å². The third kappa shape index (κ3) is 3.68. The molecule has 1 N–H and O–H groups in total. The number of hydrogen-bond acceptors (Lipinski definition) is 5. The fraction of sp³-hybridized carbons (Fsp3) is 0.214. The third-order valence-corrected chi connectivity index (χ3v) is 4.72. The number of rotatable bonds is 4. The highest BCUT2D eigenvalue weighted by Crippen LogP contribution is 2.26.